The summed E-state index contributed by atoms with van der Waals surface area (Å²) in [6, 6.07) is 6.29. The second kappa shape index (κ2) is 6.30. The molecule has 0 radical (unpaired) electrons. The molecule has 0 spiro atoms. The molecule has 1 atom stereocenters. The maximum absolute atomic E-state index is 13.2. The fraction of sp³-hybridized carbons (Fsp3) is 0.154. The summed E-state index contributed by atoms with van der Waals surface area (Å²) in [5, 5.41) is 1.18. The Kier molecular flexibility index (Phi) is 4.71. The monoisotopic (exact) mass is 299 g/mol. The normalized spacial score (nSPS) is 12.4. The number of hydrazine groups is 1. The van der Waals surface area contributed by atoms with Crippen molar-refractivity contribution in [1.82, 2.24) is 10.4 Å². The van der Waals surface area contributed by atoms with Crippen LogP contribution < -0.4 is 11.3 Å². The van der Waals surface area contributed by atoms with E-state index in [2.05, 4.69) is 10.4 Å². The predicted molar refractivity (Wildman–Crippen MR) is 74.4 cm³/mol. The highest BCUT2D eigenvalue weighted by Crippen LogP contribution is 2.25. The summed E-state index contributed by atoms with van der Waals surface area (Å²) >= 11 is 12.0. The summed E-state index contributed by atoms with van der Waals surface area (Å²) < 4.78 is 13.2. The summed E-state index contributed by atoms with van der Waals surface area (Å²) in [5.74, 6) is 5.11. The van der Waals surface area contributed by atoms with E-state index in [1.54, 1.807) is 24.4 Å². The Bertz CT molecular complexity index is 578. The molecule has 1 unspecified atom stereocenters. The van der Waals surface area contributed by atoms with Crippen LogP contribution in [0.15, 0.2) is 36.7 Å². The van der Waals surface area contributed by atoms with E-state index in [9.17, 15) is 4.39 Å². The SMILES string of the molecule is NNC(Cc1cc(Cl)ccc1Cl)c1cncc(F)c1. The molecule has 0 aliphatic carbocycles. The summed E-state index contributed by atoms with van der Waals surface area (Å²) in [6.45, 7) is 0. The van der Waals surface area contributed by atoms with Crippen LogP contribution in [-0.2, 0) is 6.42 Å². The molecule has 100 valence electrons. The minimum absolute atomic E-state index is 0.292. The average molecular weight is 300 g/mol. The molecule has 1 aromatic heterocycles. The Morgan fingerprint density at radius 2 is 2.05 bits per heavy atom. The molecule has 3 N–H and O–H groups in total. The molecular formula is C13H12Cl2FN3. The van der Waals surface area contributed by atoms with Crippen LogP contribution in [0.4, 0.5) is 4.39 Å². The van der Waals surface area contributed by atoms with Gasteiger partial charge in [0, 0.05) is 16.2 Å². The zero-order valence-electron chi connectivity index (χ0n) is 9.91. The maximum atomic E-state index is 13.2. The van der Waals surface area contributed by atoms with Gasteiger partial charge in [-0.05, 0) is 41.8 Å². The van der Waals surface area contributed by atoms with Crippen LogP contribution in [-0.4, -0.2) is 4.98 Å². The number of halogens is 3. The first-order chi connectivity index (χ1) is 9.10. The smallest absolute Gasteiger partial charge is 0.141 e. The van der Waals surface area contributed by atoms with Crippen LogP contribution in [0.25, 0.3) is 0 Å². The molecule has 0 amide bonds. The number of hydrogen-bond acceptors (Lipinski definition) is 3. The molecule has 0 fully saturated rings. The number of pyridine rings is 1. The molecule has 6 heteroatoms. The van der Waals surface area contributed by atoms with E-state index < -0.39 is 5.82 Å². The van der Waals surface area contributed by atoms with Gasteiger partial charge in [0.15, 0.2) is 0 Å². The van der Waals surface area contributed by atoms with Gasteiger partial charge < -0.3 is 0 Å². The van der Waals surface area contributed by atoms with Crippen molar-refractivity contribution < 1.29 is 4.39 Å². The van der Waals surface area contributed by atoms with Crippen molar-refractivity contribution in [2.45, 2.75) is 12.5 Å². The maximum Gasteiger partial charge on any atom is 0.141 e. The lowest BCUT2D eigenvalue weighted by Gasteiger charge is -2.17. The largest absolute Gasteiger partial charge is 0.271 e. The van der Waals surface area contributed by atoms with Gasteiger partial charge in [0.2, 0.25) is 0 Å². The summed E-state index contributed by atoms with van der Waals surface area (Å²) in [5.41, 5.74) is 4.12. The van der Waals surface area contributed by atoms with Gasteiger partial charge in [-0.1, -0.05) is 23.2 Å². The van der Waals surface area contributed by atoms with Crippen molar-refractivity contribution in [3.05, 3.63) is 63.6 Å². The van der Waals surface area contributed by atoms with Crippen LogP contribution in [0.2, 0.25) is 10.0 Å². The van der Waals surface area contributed by atoms with Crippen LogP contribution in [0.3, 0.4) is 0 Å². The van der Waals surface area contributed by atoms with Crippen molar-refractivity contribution >= 4 is 23.2 Å². The molecular weight excluding hydrogens is 288 g/mol. The first kappa shape index (κ1) is 14.2. The average Bonchev–Trinajstić information content (AvgIpc) is 2.39. The lowest BCUT2D eigenvalue weighted by atomic mass is 10.0. The first-order valence-electron chi connectivity index (χ1n) is 5.60. The minimum atomic E-state index is -0.407. The molecule has 0 bridgehead atoms. The van der Waals surface area contributed by atoms with Gasteiger partial charge in [-0.25, -0.2) is 4.39 Å². The second-order valence-corrected chi connectivity index (χ2v) is 4.94. The molecule has 19 heavy (non-hydrogen) atoms. The van der Waals surface area contributed by atoms with E-state index in [1.165, 1.54) is 6.07 Å². The van der Waals surface area contributed by atoms with Crippen molar-refractivity contribution in [3.8, 4) is 0 Å². The Balaban J connectivity index is 2.26. The van der Waals surface area contributed by atoms with Gasteiger partial charge in [-0.15, -0.1) is 0 Å². The van der Waals surface area contributed by atoms with E-state index in [0.717, 1.165) is 11.8 Å². The van der Waals surface area contributed by atoms with Crippen LogP contribution in [0.1, 0.15) is 17.2 Å². The molecule has 0 aliphatic rings. The summed E-state index contributed by atoms with van der Waals surface area (Å²) in [7, 11) is 0. The van der Waals surface area contributed by atoms with E-state index in [0.29, 0.717) is 22.0 Å². The number of nitrogens with zero attached hydrogens (tertiary/aromatic N) is 1. The Morgan fingerprint density at radius 3 is 2.74 bits per heavy atom. The Morgan fingerprint density at radius 1 is 1.26 bits per heavy atom. The number of aromatic nitrogens is 1. The number of rotatable bonds is 4. The van der Waals surface area contributed by atoms with Crippen molar-refractivity contribution in [1.29, 1.82) is 0 Å². The van der Waals surface area contributed by atoms with Crippen LogP contribution in [0.5, 0.6) is 0 Å². The predicted octanol–water partition coefficient (Wildman–Crippen LogP) is 3.27. The zero-order chi connectivity index (χ0) is 13.8. The van der Waals surface area contributed by atoms with Gasteiger partial charge in [-0.2, -0.15) is 0 Å². The lowest BCUT2D eigenvalue weighted by molar-refractivity contribution is 0.541. The Labute approximate surface area is 120 Å². The van der Waals surface area contributed by atoms with Gasteiger partial charge >= 0.3 is 0 Å². The quantitative estimate of drug-likeness (QED) is 0.673. The fourth-order valence-electron chi connectivity index (χ4n) is 1.81. The minimum Gasteiger partial charge on any atom is -0.271 e. The number of benzene rings is 1. The molecule has 0 saturated heterocycles. The number of nitrogens with two attached hydrogens (primary N) is 1. The standard InChI is InChI=1S/C13H12Cl2FN3/c14-10-1-2-12(15)8(3-10)5-13(19-17)9-4-11(16)7-18-6-9/h1-4,6-7,13,19H,5,17H2. The third kappa shape index (κ3) is 3.64. The molecule has 1 heterocycles. The van der Waals surface area contributed by atoms with Gasteiger partial charge in [0.25, 0.3) is 0 Å². The summed E-state index contributed by atoms with van der Waals surface area (Å²) in [6.07, 6.45) is 3.19. The van der Waals surface area contributed by atoms with E-state index in [-0.39, 0.29) is 6.04 Å². The van der Waals surface area contributed by atoms with Crippen LogP contribution in [0, 0.1) is 5.82 Å². The number of nitrogens with one attached hydrogen (secondary N) is 1. The fourth-order valence-corrected chi connectivity index (χ4v) is 2.20. The first-order valence-corrected chi connectivity index (χ1v) is 6.36. The third-order valence-electron chi connectivity index (χ3n) is 2.76. The molecule has 0 aliphatic heterocycles. The second-order valence-electron chi connectivity index (χ2n) is 4.10. The highest BCUT2D eigenvalue weighted by Gasteiger charge is 2.14. The van der Waals surface area contributed by atoms with Gasteiger partial charge in [-0.3, -0.25) is 16.3 Å². The summed E-state index contributed by atoms with van der Waals surface area (Å²) in [4.78, 5) is 3.81. The van der Waals surface area contributed by atoms with Gasteiger partial charge in [0.05, 0.1) is 12.2 Å². The lowest BCUT2D eigenvalue weighted by Crippen LogP contribution is -2.29. The van der Waals surface area contributed by atoms with Crippen molar-refractivity contribution in [2.75, 3.05) is 0 Å². The zero-order valence-corrected chi connectivity index (χ0v) is 11.4. The third-order valence-corrected chi connectivity index (χ3v) is 3.37. The van der Waals surface area contributed by atoms with E-state index in [4.69, 9.17) is 29.0 Å². The molecule has 2 aromatic rings. The highest BCUT2D eigenvalue weighted by molar-refractivity contribution is 6.33. The highest BCUT2D eigenvalue weighted by atomic mass is 35.5. The Hall–Kier alpha value is -1.20. The van der Waals surface area contributed by atoms with Crippen LogP contribution >= 0.6 is 23.2 Å². The molecule has 2 rings (SSSR count). The molecule has 1 aromatic carbocycles. The van der Waals surface area contributed by atoms with Gasteiger partial charge in [0.1, 0.15) is 5.82 Å². The van der Waals surface area contributed by atoms with E-state index in [1.807, 2.05) is 0 Å². The van der Waals surface area contributed by atoms with Crippen molar-refractivity contribution in [3.63, 3.8) is 0 Å². The van der Waals surface area contributed by atoms with E-state index >= 15 is 0 Å². The number of hydrogen-bond donors (Lipinski definition) is 2. The van der Waals surface area contributed by atoms with Crippen molar-refractivity contribution in [2.24, 2.45) is 5.84 Å². The topological polar surface area (TPSA) is 50.9 Å². The molecule has 3 nitrogen and oxygen atoms in total. The molecule has 0 saturated carbocycles.